The van der Waals surface area contributed by atoms with E-state index in [0.717, 1.165) is 60.3 Å². The third kappa shape index (κ3) is 15.3. The Morgan fingerprint density at radius 2 is 0.980 bits per heavy atom. The van der Waals surface area contributed by atoms with Crippen LogP contribution in [-0.4, -0.2) is 46.7 Å². The number of rotatable bonds is 17. The van der Waals surface area contributed by atoms with E-state index < -0.39 is 0 Å². The summed E-state index contributed by atoms with van der Waals surface area (Å²) in [6.45, 7) is 7.34. The molecule has 0 aromatic heterocycles. The van der Waals surface area contributed by atoms with Crippen LogP contribution in [-0.2, 0) is 44.9 Å². The lowest BCUT2D eigenvalue weighted by molar-refractivity contribution is -0.119. The number of carbonyl (C=O) groups excluding carboxylic acids is 4. The zero-order chi connectivity index (χ0) is 37.2. The van der Waals surface area contributed by atoms with Gasteiger partial charge < -0.3 is 35.2 Å². The van der Waals surface area contributed by atoms with Crippen LogP contribution in [0.2, 0.25) is 0 Å². The zero-order valence-corrected chi connectivity index (χ0v) is 30.1. The molecule has 2 amide bonds. The highest BCUT2D eigenvalue weighted by Crippen LogP contribution is 2.37. The van der Waals surface area contributed by atoms with Crippen LogP contribution in [0.25, 0.3) is 11.1 Å². The quantitative estimate of drug-likeness (QED) is 0.0901. The first-order valence-corrected chi connectivity index (χ1v) is 17.4. The number of hydrogen-bond donors (Lipinski definition) is 4. The van der Waals surface area contributed by atoms with Gasteiger partial charge in [0.2, 0.25) is 11.8 Å². The molecule has 0 spiro atoms. The van der Waals surface area contributed by atoms with Crippen LogP contribution < -0.4 is 15.4 Å². The van der Waals surface area contributed by atoms with Crippen molar-refractivity contribution in [3.63, 3.8) is 0 Å². The van der Waals surface area contributed by atoms with Crippen LogP contribution >= 0.6 is 0 Å². The van der Waals surface area contributed by atoms with E-state index in [1.54, 1.807) is 32.0 Å². The molecule has 4 aromatic carbocycles. The SMILES string of the molecule is CC(=O)CCCc1ccc(O)c(-c2cc(CCNC(C)=O)ccc2O)c1.CC(=O)CCCc1cccc(Oc2ccc(CCNC(C)=O)cc2)c1. The summed E-state index contributed by atoms with van der Waals surface area (Å²) in [5.74, 6) is 2.05. The lowest BCUT2D eigenvalue weighted by Gasteiger charge is -2.12. The number of nitrogens with one attached hydrogen (secondary N) is 2. The molecule has 0 bridgehead atoms. The van der Waals surface area contributed by atoms with Crippen LogP contribution in [0.15, 0.2) is 84.9 Å². The Kier molecular flexibility index (Phi) is 16.4. The molecule has 4 N–H and O–H groups in total. The van der Waals surface area contributed by atoms with E-state index in [4.69, 9.17) is 4.74 Å². The molecule has 0 aliphatic carbocycles. The summed E-state index contributed by atoms with van der Waals surface area (Å²) in [5.41, 5.74) is 5.39. The molecule has 4 aromatic rings. The normalized spacial score (nSPS) is 10.4. The van der Waals surface area contributed by atoms with Gasteiger partial charge in [0.05, 0.1) is 0 Å². The molecule has 9 heteroatoms. The van der Waals surface area contributed by atoms with Crippen molar-refractivity contribution in [3.05, 3.63) is 107 Å². The lowest BCUT2D eigenvalue weighted by atomic mass is 9.96. The van der Waals surface area contributed by atoms with Crippen molar-refractivity contribution in [2.24, 2.45) is 0 Å². The zero-order valence-electron chi connectivity index (χ0n) is 30.1. The molecule has 0 heterocycles. The standard InChI is InChI=1S/C21H25NO4.C21H25NO3/c1-14(23)4-3-5-16-6-8-20(25)18(12-16)19-13-17(7-9-21(19)26)10-11-22-15(2)24;1-16(23)5-3-6-19-7-4-8-21(15-19)25-20-11-9-18(10-12-20)13-14-22-17(2)24/h6-9,12-13,25-26H,3-5,10-11H2,1-2H3,(H,22,24);4,7-12,15H,3,5-6,13-14H2,1-2H3,(H,22,24). The number of ether oxygens (including phenoxy) is 1. The van der Waals surface area contributed by atoms with Gasteiger partial charge in [0.15, 0.2) is 0 Å². The molecule has 270 valence electrons. The van der Waals surface area contributed by atoms with E-state index in [1.165, 1.54) is 19.4 Å². The maximum atomic E-state index is 11.1. The first-order valence-electron chi connectivity index (χ1n) is 17.4. The monoisotopic (exact) mass is 694 g/mol. The van der Waals surface area contributed by atoms with E-state index >= 15 is 0 Å². The number of benzene rings is 4. The minimum absolute atomic E-state index is 0.0110. The first-order chi connectivity index (χ1) is 24.4. The summed E-state index contributed by atoms with van der Waals surface area (Å²) in [4.78, 5) is 44.0. The molecule has 0 atom stereocenters. The van der Waals surface area contributed by atoms with Crippen molar-refractivity contribution in [1.29, 1.82) is 0 Å². The van der Waals surface area contributed by atoms with Crippen molar-refractivity contribution in [2.75, 3.05) is 13.1 Å². The highest BCUT2D eigenvalue weighted by molar-refractivity contribution is 5.77. The Bertz CT molecular complexity index is 1700. The fourth-order valence-electron chi connectivity index (χ4n) is 5.38. The number of phenolic OH excluding ortho intramolecular Hbond substituents is 2. The molecule has 0 saturated carbocycles. The summed E-state index contributed by atoms with van der Waals surface area (Å²) in [5, 5.41) is 26.0. The van der Waals surface area contributed by atoms with Crippen LogP contribution in [0.1, 0.15) is 75.6 Å². The molecule has 4 rings (SSSR count). The fourth-order valence-corrected chi connectivity index (χ4v) is 5.38. The minimum atomic E-state index is -0.0834. The number of phenols is 2. The van der Waals surface area contributed by atoms with Gasteiger partial charge >= 0.3 is 0 Å². The van der Waals surface area contributed by atoms with E-state index in [9.17, 15) is 29.4 Å². The topological polar surface area (TPSA) is 142 Å². The predicted octanol–water partition coefficient (Wildman–Crippen LogP) is 7.42. The molecule has 0 fully saturated rings. The summed E-state index contributed by atoms with van der Waals surface area (Å²) < 4.78 is 5.91. The third-order valence-corrected chi connectivity index (χ3v) is 8.03. The first kappa shape index (κ1) is 40.0. The van der Waals surface area contributed by atoms with Gasteiger partial charge in [-0.15, -0.1) is 0 Å². The van der Waals surface area contributed by atoms with Crippen molar-refractivity contribution >= 4 is 23.4 Å². The Morgan fingerprint density at radius 1 is 0.529 bits per heavy atom. The molecular formula is C42H50N2O7. The Hall–Kier alpha value is -5.44. The second-order valence-corrected chi connectivity index (χ2v) is 12.7. The van der Waals surface area contributed by atoms with E-state index in [-0.39, 0.29) is 34.9 Å². The van der Waals surface area contributed by atoms with Crippen molar-refractivity contribution < 1.29 is 34.1 Å². The van der Waals surface area contributed by atoms with Crippen LogP contribution in [0.4, 0.5) is 0 Å². The van der Waals surface area contributed by atoms with E-state index in [1.807, 2.05) is 60.7 Å². The van der Waals surface area contributed by atoms with Gasteiger partial charge in [-0.05, 0) is 123 Å². The number of amides is 2. The number of ketones is 2. The van der Waals surface area contributed by atoms with Gasteiger partial charge in [-0.25, -0.2) is 0 Å². The van der Waals surface area contributed by atoms with E-state index in [2.05, 4.69) is 16.7 Å². The van der Waals surface area contributed by atoms with Crippen LogP contribution in [0, 0.1) is 0 Å². The summed E-state index contributed by atoms with van der Waals surface area (Å²) in [6, 6.07) is 26.4. The molecule has 0 radical (unpaired) electrons. The highest BCUT2D eigenvalue weighted by atomic mass is 16.5. The highest BCUT2D eigenvalue weighted by Gasteiger charge is 2.12. The Morgan fingerprint density at radius 3 is 1.47 bits per heavy atom. The molecule has 0 aliphatic heterocycles. The lowest BCUT2D eigenvalue weighted by Crippen LogP contribution is -2.22. The predicted molar refractivity (Wildman–Crippen MR) is 200 cm³/mol. The van der Waals surface area contributed by atoms with E-state index in [0.29, 0.717) is 43.5 Å². The summed E-state index contributed by atoms with van der Waals surface area (Å²) in [6.07, 6.45) is 5.79. The number of Topliss-reactive ketones (excluding diaryl/α,β-unsaturated/α-hetero) is 2. The number of hydrogen-bond acceptors (Lipinski definition) is 7. The molecule has 0 unspecified atom stereocenters. The minimum Gasteiger partial charge on any atom is -0.507 e. The molecule has 0 saturated heterocycles. The Labute approximate surface area is 301 Å². The van der Waals surface area contributed by atoms with Gasteiger partial charge in [-0.2, -0.15) is 0 Å². The fraction of sp³-hybridized carbons (Fsp3) is 0.333. The largest absolute Gasteiger partial charge is 0.507 e. The average Bonchev–Trinajstić information content (AvgIpc) is 3.07. The van der Waals surface area contributed by atoms with Crippen molar-refractivity contribution in [2.45, 2.75) is 79.1 Å². The molecule has 0 aliphatic rings. The summed E-state index contributed by atoms with van der Waals surface area (Å²) in [7, 11) is 0. The second kappa shape index (κ2) is 20.9. The second-order valence-electron chi connectivity index (χ2n) is 12.7. The smallest absolute Gasteiger partial charge is 0.216 e. The molecule has 9 nitrogen and oxygen atoms in total. The number of carbonyl (C=O) groups is 4. The summed E-state index contributed by atoms with van der Waals surface area (Å²) >= 11 is 0. The number of aromatic hydroxyl groups is 2. The maximum Gasteiger partial charge on any atom is 0.216 e. The van der Waals surface area contributed by atoms with Crippen LogP contribution in [0.3, 0.4) is 0 Å². The van der Waals surface area contributed by atoms with Crippen LogP contribution in [0.5, 0.6) is 23.0 Å². The van der Waals surface area contributed by atoms with Crippen molar-refractivity contribution in [1.82, 2.24) is 10.6 Å². The van der Waals surface area contributed by atoms with Gasteiger partial charge in [0, 0.05) is 50.9 Å². The molecular weight excluding hydrogens is 644 g/mol. The van der Waals surface area contributed by atoms with Gasteiger partial charge in [0.25, 0.3) is 0 Å². The number of aryl methyl sites for hydroxylation is 2. The van der Waals surface area contributed by atoms with Gasteiger partial charge in [-0.1, -0.05) is 36.4 Å². The Balaban J connectivity index is 0.000000276. The maximum absolute atomic E-state index is 11.1. The van der Waals surface area contributed by atoms with Crippen molar-refractivity contribution in [3.8, 4) is 34.1 Å². The third-order valence-electron chi connectivity index (χ3n) is 8.03. The van der Waals surface area contributed by atoms with Gasteiger partial charge in [-0.3, -0.25) is 9.59 Å². The molecule has 51 heavy (non-hydrogen) atoms. The average molecular weight is 695 g/mol. The van der Waals surface area contributed by atoms with Gasteiger partial charge in [0.1, 0.15) is 34.6 Å².